The Morgan fingerprint density at radius 3 is 1.50 bits per heavy atom. The van der Waals surface area contributed by atoms with Crippen molar-refractivity contribution in [1.29, 1.82) is 0 Å². The smallest absolute Gasteiger partial charge is 0.164 e. The molecule has 9 aromatic rings. The molecule has 0 N–H and O–H groups in total. The van der Waals surface area contributed by atoms with Crippen LogP contribution in [0, 0.1) is 0 Å². The fourth-order valence-electron chi connectivity index (χ4n) is 6.54. The van der Waals surface area contributed by atoms with Crippen LogP contribution in [0.5, 0.6) is 0 Å². The van der Waals surface area contributed by atoms with E-state index in [9.17, 15) is 0 Å². The van der Waals surface area contributed by atoms with Crippen LogP contribution in [0.25, 0.3) is 89.0 Å². The Labute approximate surface area is 278 Å². The van der Waals surface area contributed by atoms with Crippen LogP contribution in [-0.2, 0) is 0 Å². The third-order valence-electron chi connectivity index (χ3n) is 8.90. The highest BCUT2D eigenvalue weighted by Crippen LogP contribution is 2.37. The number of hydrogen-bond donors (Lipinski definition) is 0. The van der Waals surface area contributed by atoms with Crippen molar-refractivity contribution < 1.29 is 0 Å². The fraction of sp³-hybridized carbons (Fsp3) is 0. The molecule has 7 aromatic carbocycles. The van der Waals surface area contributed by atoms with Gasteiger partial charge in [-0.1, -0.05) is 152 Å². The molecule has 0 aliphatic rings. The van der Waals surface area contributed by atoms with E-state index >= 15 is 0 Å². The lowest BCUT2D eigenvalue weighted by Gasteiger charge is -2.13. The largest absolute Gasteiger partial charge is 0.247 e. The molecular weight excluding hydrogens is 585 g/mol. The molecule has 9 rings (SSSR count). The van der Waals surface area contributed by atoms with Gasteiger partial charge in [-0.2, -0.15) is 0 Å². The van der Waals surface area contributed by atoms with Crippen molar-refractivity contribution in [2.75, 3.05) is 0 Å². The Hall–Kier alpha value is -6.52. The van der Waals surface area contributed by atoms with Crippen molar-refractivity contribution in [3.05, 3.63) is 170 Å². The van der Waals surface area contributed by atoms with Gasteiger partial charge in [0.05, 0.1) is 11.2 Å². The number of aromatic nitrogens is 4. The summed E-state index contributed by atoms with van der Waals surface area (Å²) in [7, 11) is 0. The predicted molar refractivity (Wildman–Crippen MR) is 197 cm³/mol. The third kappa shape index (κ3) is 4.97. The molecule has 0 saturated heterocycles. The van der Waals surface area contributed by atoms with Crippen molar-refractivity contribution in [3.63, 3.8) is 0 Å². The van der Waals surface area contributed by atoms with Crippen LogP contribution in [0.3, 0.4) is 0 Å². The van der Waals surface area contributed by atoms with Gasteiger partial charge >= 0.3 is 0 Å². The van der Waals surface area contributed by atoms with E-state index in [1.54, 1.807) is 0 Å². The van der Waals surface area contributed by atoms with E-state index in [0.29, 0.717) is 17.5 Å². The molecule has 2 aromatic heterocycles. The van der Waals surface area contributed by atoms with Gasteiger partial charge in [0.15, 0.2) is 17.5 Å². The van der Waals surface area contributed by atoms with Crippen molar-refractivity contribution in [3.8, 4) is 56.5 Å². The van der Waals surface area contributed by atoms with Crippen LogP contribution in [-0.4, -0.2) is 19.9 Å². The molecule has 48 heavy (non-hydrogen) atoms. The zero-order chi connectivity index (χ0) is 31.9. The molecule has 0 saturated carbocycles. The summed E-state index contributed by atoms with van der Waals surface area (Å²) in [6.45, 7) is 0. The predicted octanol–water partition coefficient (Wildman–Crippen LogP) is 11.1. The van der Waals surface area contributed by atoms with Gasteiger partial charge in [0.25, 0.3) is 0 Å². The standard InChI is InChI=1S/C44H28N4/c1-3-13-31(14-4-1)42-46-43(32-15-5-2-6-16-32)48-44(47-42)39-28-34(27-33-17-7-8-18-35(33)39)29-23-25-30(26-24-29)41-38-21-10-9-19-36(38)37-20-11-12-22-40(37)45-41/h1-28H. The molecular formula is C44H28N4. The number of hydrogen-bond acceptors (Lipinski definition) is 4. The van der Waals surface area contributed by atoms with E-state index < -0.39 is 0 Å². The first-order valence-corrected chi connectivity index (χ1v) is 16.1. The van der Waals surface area contributed by atoms with Gasteiger partial charge in [-0.05, 0) is 45.5 Å². The molecule has 0 spiro atoms. The van der Waals surface area contributed by atoms with Crippen molar-refractivity contribution in [2.45, 2.75) is 0 Å². The molecule has 0 atom stereocenters. The molecule has 0 amide bonds. The number of pyridine rings is 1. The maximum Gasteiger partial charge on any atom is 0.164 e. The topological polar surface area (TPSA) is 51.6 Å². The molecule has 224 valence electrons. The van der Waals surface area contributed by atoms with Crippen LogP contribution >= 0.6 is 0 Å². The average Bonchev–Trinajstić information content (AvgIpc) is 3.18. The first-order valence-electron chi connectivity index (χ1n) is 16.1. The second-order valence-corrected chi connectivity index (χ2v) is 11.9. The molecule has 0 unspecified atom stereocenters. The molecule has 2 heterocycles. The normalized spacial score (nSPS) is 11.3. The van der Waals surface area contributed by atoms with Crippen molar-refractivity contribution in [1.82, 2.24) is 19.9 Å². The SMILES string of the molecule is c1ccc(-c2nc(-c3ccccc3)nc(-c3cc(-c4ccc(-c5nc6ccccc6c6ccccc56)cc4)cc4ccccc34)n2)cc1. The van der Waals surface area contributed by atoms with Gasteiger partial charge < -0.3 is 0 Å². The molecule has 0 aliphatic heterocycles. The van der Waals surface area contributed by atoms with Gasteiger partial charge in [0, 0.05) is 33.0 Å². The lowest BCUT2D eigenvalue weighted by Crippen LogP contribution is -2.00. The second-order valence-electron chi connectivity index (χ2n) is 11.9. The molecule has 0 fully saturated rings. The van der Waals surface area contributed by atoms with Gasteiger partial charge in [0.2, 0.25) is 0 Å². The Kier molecular flexibility index (Phi) is 6.76. The number of fused-ring (bicyclic) bond motifs is 4. The van der Waals surface area contributed by atoms with Crippen LogP contribution < -0.4 is 0 Å². The molecule has 0 aliphatic carbocycles. The van der Waals surface area contributed by atoms with Gasteiger partial charge in [-0.3, -0.25) is 0 Å². The van der Waals surface area contributed by atoms with Gasteiger partial charge in [0.1, 0.15) is 0 Å². The maximum absolute atomic E-state index is 5.11. The van der Waals surface area contributed by atoms with Crippen LogP contribution in [0.1, 0.15) is 0 Å². The van der Waals surface area contributed by atoms with Gasteiger partial charge in [-0.25, -0.2) is 19.9 Å². The number of nitrogens with zero attached hydrogens (tertiary/aromatic N) is 4. The zero-order valence-electron chi connectivity index (χ0n) is 26.0. The van der Waals surface area contributed by atoms with E-state index in [1.165, 1.54) is 10.8 Å². The Morgan fingerprint density at radius 1 is 0.292 bits per heavy atom. The Morgan fingerprint density at radius 2 is 0.812 bits per heavy atom. The minimum absolute atomic E-state index is 0.643. The summed E-state index contributed by atoms with van der Waals surface area (Å²) >= 11 is 0. The van der Waals surface area contributed by atoms with Crippen molar-refractivity contribution in [2.24, 2.45) is 0 Å². The first kappa shape index (κ1) is 27.8. The summed E-state index contributed by atoms with van der Waals surface area (Å²) in [6.07, 6.45) is 0. The van der Waals surface area contributed by atoms with Crippen LogP contribution in [0.15, 0.2) is 170 Å². The molecule has 0 radical (unpaired) electrons. The summed E-state index contributed by atoms with van der Waals surface area (Å²) in [5.41, 5.74) is 8.13. The third-order valence-corrected chi connectivity index (χ3v) is 8.90. The average molecular weight is 613 g/mol. The van der Waals surface area contributed by atoms with Crippen molar-refractivity contribution >= 4 is 32.4 Å². The molecule has 0 bridgehead atoms. The summed E-state index contributed by atoms with van der Waals surface area (Å²) < 4.78 is 0. The van der Waals surface area contributed by atoms with E-state index in [0.717, 1.165) is 60.8 Å². The highest BCUT2D eigenvalue weighted by atomic mass is 15.0. The first-order chi connectivity index (χ1) is 23.8. The summed E-state index contributed by atoms with van der Waals surface area (Å²) in [6, 6.07) is 58.7. The van der Waals surface area contributed by atoms with E-state index in [1.807, 2.05) is 66.7 Å². The number of para-hydroxylation sites is 1. The van der Waals surface area contributed by atoms with Crippen LogP contribution in [0.4, 0.5) is 0 Å². The van der Waals surface area contributed by atoms with E-state index in [-0.39, 0.29) is 0 Å². The van der Waals surface area contributed by atoms with Crippen LogP contribution in [0.2, 0.25) is 0 Å². The summed E-state index contributed by atoms with van der Waals surface area (Å²) in [5.74, 6) is 1.94. The lowest BCUT2D eigenvalue weighted by molar-refractivity contribution is 1.08. The molecule has 4 nitrogen and oxygen atoms in total. The van der Waals surface area contributed by atoms with E-state index in [4.69, 9.17) is 19.9 Å². The number of rotatable bonds is 5. The van der Waals surface area contributed by atoms with E-state index in [2.05, 4.69) is 103 Å². The van der Waals surface area contributed by atoms with Gasteiger partial charge in [-0.15, -0.1) is 0 Å². The minimum Gasteiger partial charge on any atom is -0.247 e. The lowest BCUT2D eigenvalue weighted by atomic mass is 9.94. The number of benzene rings is 7. The summed E-state index contributed by atoms with van der Waals surface area (Å²) in [5, 5.41) is 5.74. The summed E-state index contributed by atoms with van der Waals surface area (Å²) in [4.78, 5) is 20.1. The zero-order valence-corrected chi connectivity index (χ0v) is 26.0. The molecule has 4 heteroatoms. The highest BCUT2D eigenvalue weighted by Gasteiger charge is 2.16. The quantitative estimate of drug-likeness (QED) is 0.181. The Bertz CT molecular complexity index is 2540. The minimum atomic E-state index is 0.643. The fourth-order valence-corrected chi connectivity index (χ4v) is 6.54. The second kappa shape index (κ2) is 11.7. The Balaban J connectivity index is 1.19. The highest BCUT2D eigenvalue weighted by molar-refractivity contribution is 6.11. The monoisotopic (exact) mass is 612 g/mol. The maximum atomic E-state index is 5.11.